The van der Waals surface area contributed by atoms with Crippen LogP contribution in [-0.4, -0.2) is 47.1 Å². The third-order valence-electron chi connectivity index (χ3n) is 4.99. The summed E-state index contributed by atoms with van der Waals surface area (Å²) in [6.45, 7) is 6.99. The van der Waals surface area contributed by atoms with E-state index >= 15 is 0 Å². The lowest BCUT2D eigenvalue weighted by Gasteiger charge is -2.46. The number of para-hydroxylation sites is 1. The monoisotopic (exact) mass is 274 g/mol. The fraction of sp³-hybridized carbons (Fsp3) is 0.647. The second-order valence-corrected chi connectivity index (χ2v) is 6.16. The lowest BCUT2D eigenvalue weighted by atomic mass is 9.95. The Bertz CT molecular complexity index is 448. The standard InChI is InChI=1S/C17H26N2O/c1-2-16(15-8-3-4-9-17(15)20)19-12-11-18-10-6-5-7-14(18)13-19/h3-4,8-9,14,16,20H,2,5-7,10-13H2,1H3. The van der Waals surface area contributed by atoms with Crippen molar-refractivity contribution in [1.29, 1.82) is 0 Å². The van der Waals surface area contributed by atoms with E-state index in [0.717, 1.165) is 31.1 Å². The maximum Gasteiger partial charge on any atom is 0.120 e. The molecule has 0 amide bonds. The van der Waals surface area contributed by atoms with E-state index in [2.05, 4.69) is 22.8 Å². The normalized spacial score (nSPS) is 26.1. The summed E-state index contributed by atoms with van der Waals surface area (Å²) >= 11 is 0. The first kappa shape index (κ1) is 13.9. The molecule has 20 heavy (non-hydrogen) atoms. The highest BCUT2D eigenvalue weighted by Gasteiger charge is 2.32. The minimum absolute atomic E-state index is 0.361. The van der Waals surface area contributed by atoms with Gasteiger partial charge in [-0.25, -0.2) is 0 Å². The van der Waals surface area contributed by atoms with Gasteiger partial charge in [-0.15, -0.1) is 0 Å². The molecule has 1 aromatic rings. The number of phenolic OH excluding ortho intramolecular Hbond substituents is 1. The summed E-state index contributed by atoms with van der Waals surface area (Å²) in [5, 5.41) is 10.1. The Morgan fingerprint density at radius 1 is 1.20 bits per heavy atom. The van der Waals surface area contributed by atoms with Crippen molar-refractivity contribution >= 4 is 0 Å². The van der Waals surface area contributed by atoms with Crippen LogP contribution in [0.15, 0.2) is 24.3 Å². The van der Waals surface area contributed by atoms with Crippen molar-refractivity contribution in [2.75, 3.05) is 26.2 Å². The molecule has 110 valence electrons. The fourth-order valence-corrected chi connectivity index (χ4v) is 3.91. The van der Waals surface area contributed by atoms with Gasteiger partial charge < -0.3 is 5.11 Å². The Morgan fingerprint density at radius 3 is 2.85 bits per heavy atom. The second-order valence-electron chi connectivity index (χ2n) is 6.16. The fourth-order valence-electron chi connectivity index (χ4n) is 3.91. The first-order chi connectivity index (χ1) is 9.79. The van der Waals surface area contributed by atoms with Gasteiger partial charge in [0.2, 0.25) is 0 Å². The number of aromatic hydroxyl groups is 1. The molecule has 2 saturated heterocycles. The van der Waals surface area contributed by atoms with E-state index < -0.39 is 0 Å². The number of fused-ring (bicyclic) bond motifs is 1. The average Bonchev–Trinajstić information content (AvgIpc) is 2.50. The van der Waals surface area contributed by atoms with Gasteiger partial charge in [0.25, 0.3) is 0 Å². The van der Waals surface area contributed by atoms with E-state index in [1.807, 2.05) is 18.2 Å². The molecule has 2 atom stereocenters. The maximum absolute atomic E-state index is 10.1. The van der Waals surface area contributed by atoms with Crippen molar-refractivity contribution in [3.8, 4) is 5.75 Å². The van der Waals surface area contributed by atoms with Crippen LogP contribution in [0.3, 0.4) is 0 Å². The van der Waals surface area contributed by atoms with Gasteiger partial charge in [0.1, 0.15) is 5.75 Å². The summed E-state index contributed by atoms with van der Waals surface area (Å²) in [5.74, 6) is 0.449. The van der Waals surface area contributed by atoms with Crippen molar-refractivity contribution in [3.63, 3.8) is 0 Å². The maximum atomic E-state index is 10.1. The largest absolute Gasteiger partial charge is 0.508 e. The van der Waals surface area contributed by atoms with Gasteiger partial charge in [-0.2, -0.15) is 0 Å². The number of benzene rings is 1. The molecule has 1 N–H and O–H groups in total. The first-order valence-corrected chi connectivity index (χ1v) is 8.05. The molecule has 2 aliphatic heterocycles. The first-order valence-electron chi connectivity index (χ1n) is 8.05. The Kier molecular flexibility index (Phi) is 4.27. The molecule has 0 aromatic heterocycles. The van der Waals surface area contributed by atoms with Crippen LogP contribution in [0.5, 0.6) is 5.75 Å². The Morgan fingerprint density at radius 2 is 2.05 bits per heavy atom. The Hall–Kier alpha value is -1.06. The number of nitrogens with zero attached hydrogens (tertiary/aromatic N) is 2. The molecule has 0 spiro atoms. The summed E-state index contributed by atoms with van der Waals surface area (Å²) in [4.78, 5) is 5.25. The molecule has 0 aliphatic carbocycles. The van der Waals surface area contributed by atoms with Crippen LogP contribution in [0.1, 0.15) is 44.2 Å². The van der Waals surface area contributed by atoms with E-state index in [4.69, 9.17) is 0 Å². The van der Waals surface area contributed by atoms with Crippen molar-refractivity contribution in [2.45, 2.75) is 44.7 Å². The molecule has 3 heteroatoms. The second kappa shape index (κ2) is 6.15. The summed E-state index contributed by atoms with van der Waals surface area (Å²) in [6, 6.07) is 8.93. The number of piperazine rings is 1. The van der Waals surface area contributed by atoms with E-state index in [9.17, 15) is 5.11 Å². The highest BCUT2D eigenvalue weighted by Crippen LogP contribution is 2.33. The van der Waals surface area contributed by atoms with Crippen molar-refractivity contribution in [1.82, 2.24) is 9.80 Å². The van der Waals surface area contributed by atoms with Crippen molar-refractivity contribution in [2.24, 2.45) is 0 Å². The summed E-state index contributed by atoms with van der Waals surface area (Å²) in [6.07, 6.45) is 5.15. The minimum Gasteiger partial charge on any atom is -0.508 e. The Labute approximate surface area is 122 Å². The van der Waals surface area contributed by atoms with Gasteiger partial charge in [0.15, 0.2) is 0 Å². The molecular formula is C17H26N2O. The SMILES string of the molecule is CCC(c1ccccc1O)N1CCN2CCCCC2C1. The van der Waals surface area contributed by atoms with Gasteiger partial charge in [0, 0.05) is 37.3 Å². The van der Waals surface area contributed by atoms with E-state index in [1.165, 1.54) is 32.4 Å². The summed E-state index contributed by atoms with van der Waals surface area (Å²) < 4.78 is 0. The predicted molar refractivity (Wildman–Crippen MR) is 81.9 cm³/mol. The van der Waals surface area contributed by atoms with E-state index in [1.54, 1.807) is 0 Å². The molecule has 2 aliphatic rings. The van der Waals surface area contributed by atoms with E-state index in [0.29, 0.717) is 11.8 Å². The molecular weight excluding hydrogens is 248 g/mol. The third kappa shape index (κ3) is 2.70. The molecule has 2 fully saturated rings. The average molecular weight is 274 g/mol. The molecule has 0 bridgehead atoms. The van der Waals surface area contributed by atoms with Crippen LogP contribution in [0.4, 0.5) is 0 Å². The van der Waals surface area contributed by atoms with Gasteiger partial charge >= 0.3 is 0 Å². The number of phenols is 1. The zero-order valence-corrected chi connectivity index (χ0v) is 12.5. The minimum atomic E-state index is 0.361. The summed E-state index contributed by atoms with van der Waals surface area (Å²) in [5.41, 5.74) is 1.10. The highest BCUT2D eigenvalue weighted by atomic mass is 16.3. The molecule has 3 nitrogen and oxygen atoms in total. The lowest BCUT2D eigenvalue weighted by molar-refractivity contribution is 0.0253. The van der Waals surface area contributed by atoms with Crippen LogP contribution in [0.2, 0.25) is 0 Å². The zero-order chi connectivity index (χ0) is 13.9. The highest BCUT2D eigenvalue weighted by molar-refractivity contribution is 5.34. The van der Waals surface area contributed by atoms with E-state index in [-0.39, 0.29) is 0 Å². The van der Waals surface area contributed by atoms with Crippen LogP contribution < -0.4 is 0 Å². The topological polar surface area (TPSA) is 26.7 Å². The van der Waals surface area contributed by atoms with Crippen LogP contribution >= 0.6 is 0 Å². The molecule has 2 heterocycles. The van der Waals surface area contributed by atoms with Crippen molar-refractivity contribution in [3.05, 3.63) is 29.8 Å². The van der Waals surface area contributed by atoms with Gasteiger partial charge in [-0.05, 0) is 31.9 Å². The third-order valence-corrected chi connectivity index (χ3v) is 4.99. The molecule has 0 saturated carbocycles. The number of rotatable bonds is 3. The van der Waals surface area contributed by atoms with Crippen LogP contribution in [0, 0.1) is 0 Å². The number of hydrogen-bond donors (Lipinski definition) is 1. The van der Waals surface area contributed by atoms with Gasteiger partial charge in [0.05, 0.1) is 0 Å². The Balaban J connectivity index is 1.75. The molecule has 0 radical (unpaired) electrons. The van der Waals surface area contributed by atoms with Gasteiger partial charge in [-0.3, -0.25) is 9.80 Å². The predicted octanol–water partition coefficient (Wildman–Crippen LogP) is 3.01. The summed E-state index contributed by atoms with van der Waals surface area (Å²) in [7, 11) is 0. The smallest absolute Gasteiger partial charge is 0.120 e. The lowest BCUT2D eigenvalue weighted by Crippen LogP contribution is -2.55. The quantitative estimate of drug-likeness (QED) is 0.918. The number of hydrogen-bond acceptors (Lipinski definition) is 3. The van der Waals surface area contributed by atoms with Crippen LogP contribution in [-0.2, 0) is 0 Å². The van der Waals surface area contributed by atoms with Gasteiger partial charge in [-0.1, -0.05) is 31.5 Å². The molecule has 3 rings (SSSR count). The number of piperidine rings is 1. The van der Waals surface area contributed by atoms with Crippen molar-refractivity contribution < 1.29 is 5.11 Å². The molecule has 2 unspecified atom stereocenters. The van der Waals surface area contributed by atoms with Crippen LogP contribution in [0.25, 0.3) is 0 Å². The zero-order valence-electron chi connectivity index (χ0n) is 12.5. The molecule has 1 aromatic carbocycles.